The fourth-order valence-corrected chi connectivity index (χ4v) is 2.58. The first kappa shape index (κ1) is 18.1. The van der Waals surface area contributed by atoms with Crippen molar-refractivity contribution in [3.8, 4) is 0 Å². The Balaban J connectivity index is 2.96. The summed E-state index contributed by atoms with van der Waals surface area (Å²) in [6.07, 6.45) is 0. The molecule has 0 fully saturated rings. The molecule has 1 rings (SSSR count). The van der Waals surface area contributed by atoms with E-state index in [1.54, 1.807) is 10.6 Å². The molecule has 0 radical (unpaired) electrons. The second-order valence-electron chi connectivity index (χ2n) is 4.06. The Kier molecular flexibility index (Phi) is 5.79. The number of methoxy groups -OCH3 is 1. The van der Waals surface area contributed by atoms with Crippen LogP contribution in [0.25, 0.3) is 0 Å². The van der Waals surface area contributed by atoms with E-state index in [2.05, 4.69) is 4.74 Å². The molecule has 23 heavy (non-hydrogen) atoms. The summed E-state index contributed by atoms with van der Waals surface area (Å²) in [6, 6.07) is 2.42. The highest BCUT2D eigenvalue weighted by Gasteiger charge is 2.25. The topological polar surface area (TPSA) is 148 Å². The van der Waals surface area contributed by atoms with Gasteiger partial charge in [0, 0.05) is 6.92 Å². The van der Waals surface area contributed by atoms with Crippen molar-refractivity contribution in [3.05, 3.63) is 29.8 Å². The molecule has 1 aromatic carbocycles. The first-order chi connectivity index (χ1) is 10.7. The maximum absolute atomic E-state index is 12.1. The number of amides is 5. The molecule has 5 amide bonds. The smallest absolute Gasteiger partial charge is 0.339 e. The van der Waals surface area contributed by atoms with E-state index in [0.717, 1.165) is 20.1 Å². The molecule has 0 atom stereocenters. The number of imide groups is 2. The van der Waals surface area contributed by atoms with E-state index in [4.69, 9.17) is 0 Å². The van der Waals surface area contributed by atoms with E-state index in [-0.39, 0.29) is 5.56 Å². The quantitative estimate of drug-likeness (QED) is 0.639. The highest BCUT2D eigenvalue weighted by molar-refractivity contribution is 7.90. The first-order valence-corrected chi connectivity index (χ1v) is 7.48. The van der Waals surface area contributed by atoms with Crippen LogP contribution in [0.2, 0.25) is 0 Å². The number of nitrogens with one attached hydrogen (secondary N) is 3. The molecule has 0 aromatic heterocycles. The molecule has 0 heterocycles. The molecule has 10 nitrogen and oxygen atoms in total. The molecule has 0 bridgehead atoms. The molecule has 0 saturated heterocycles. The Morgan fingerprint density at radius 3 is 2.17 bits per heavy atom. The normalized spacial score (nSPS) is 10.3. The van der Waals surface area contributed by atoms with E-state index in [1.165, 1.54) is 22.9 Å². The third-order valence-electron chi connectivity index (χ3n) is 2.33. The van der Waals surface area contributed by atoms with Crippen molar-refractivity contribution in [1.29, 1.82) is 0 Å². The lowest BCUT2D eigenvalue weighted by molar-refractivity contribution is -0.117. The average molecular weight is 343 g/mol. The molecule has 0 unspecified atom stereocenters. The number of urea groups is 2. The van der Waals surface area contributed by atoms with Gasteiger partial charge in [-0.05, 0) is 12.1 Å². The summed E-state index contributed by atoms with van der Waals surface area (Å²) in [5, 5.41) is 3.30. The fourth-order valence-electron chi connectivity index (χ4n) is 1.48. The lowest BCUT2D eigenvalue weighted by Gasteiger charge is -2.10. The highest BCUT2D eigenvalue weighted by atomic mass is 32.2. The van der Waals surface area contributed by atoms with Crippen LogP contribution in [-0.2, 0) is 19.6 Å². The third kappa shape index (κ3) is 5.07. The summed E-state index contributed by atoms with van der Waals surface area (Å²) in [6.45, 7) is 1.03. The Bertz CT molecular complexity index is 758. The van der Waals surface area contributed by atoms with Gasteiger partial charge in [-0.1, -0.05) is 12.1 Å². The van der Waals surface area contributed by atoms with Gasteiger partial charge in [0.1, 0.15) is 4.90 Å². The van der Waals surface area contributed by atoms with Crippen molar-refractivity contribution in [1.82, 2.24) is 15.4 Å². The van der Waals surface area contributed by atoms with Crippen LogP contribution in [-0.4, -0.2) is 39.5 Å². The van der Waals surface area contributed by atoms with Gasteiger partial charge in [0.15, 0.2) is 0 Å². The second-order valence-corrected chi connectivity index (χ2v) is 5.71. The molecular formula is C12H13N3O7S. The van der Waals surface area contributed by atoms with Gasteiger partial charge in [-0.2, -0.15) is 0 Å². The molecular weight excluding hydrogens is 330 g/mol. The van der Waals surface area contributed by atoms with Crippen LogP contribution in [0.1, 0.15) is 17.3 Å². The average Bonchev–Trinajstić information content (AvgIpc) is 2.44. The second kappa shape index (κ2) is 7.35. The van der Waals surface area contributed by atoms with Gasteiger partial charge in [-0.25, -0.2) is 27.5 Å². The van der Waals surface area contributed by atoms with Crippen molar-refractivity contribution in [2.24, 2.45) is 0 Å². The molecule has 1 aromatic rings. The zero-order chi connectivity index (χ0) is 17.6. The number of benzene rings is 1. The minimum atomic E-state index is -4.45. The zero-order valence-corrected chi connectivity index (χ0v) is 12.9. The van der Waals surface area contributed by atoms with E-state index in [1.807, 2.05) is 0 Å². The Morgan fingerprint density at radius 1 is 1.00 bits per heavy atom. The molecule has 0 aliphatic carbocycles. The molecule has 3 N–H and O–H groups in total. The van der Waals surface area contributed by atoms with E-state index < -0.39 is 38.9 Å². The van der Waals surface area contributed by atoms with E-state index in [0.29, 0.717) is 0 Å². The Labute approximate surface area is 131 Å². The SMILES string of the molecule is COC(=O)c1ccccc1S(=O)(=O)NC(=O)NC(=O)NC(C)=O. The number of sulfonamides is 1. The van der Waals surface area contributed by atoms with Crippen molar-refractivity contribution in [3.63, 3.8) is 0 Å². The van der Waals surface area contributed by atoms with Crippen LogP contribution in [0.3, 0.4) is 0 Å². The van der Waals surface area contributed by atoms with Crippen LogP contribution in [0.15, 0.2) is 29.2 Å². The summed E-state index contributed by atoms with van der Waals surface area (Å²) in [5.41, 5.74) is -0.288. The predicted molar refractivity (Wildman–Crippen MR) is 75.8 cm³/mol. The third-order valence-corrected chi connectivity index (χ3v) is 3.71. The zero-order valence-electron chi connectivity index (χ0n) is 12.1. The van der Waals surface area contributed by atoms with Crippen LogP contribution >= 0.6 is 0 Å². The van der Waals surface area contributed by atoms with Gasteiger partial charge in [-0.3, -0.25) is 15.4 Å². The number of ether oxygens (including phenoxy) is 1. The maximum Gasteiger partial charge on any atom is 0.339 e. The van der Waals surface area contributed by atoms with Gasteiger partial charge in [-0.15, -0.1) is 0 Å². The first-order valence-electron chi connectivity index (χ1n) is 6.00. The number of rotatable bonds is 3. The van der Waals surface area contributed by atoms with Crippen molar-refractivity contribution >= 4 is 34.0 Å². The largest absolute Gasteiger partial charge is 0.465 e. The standard InChI is InChI=1S/C12H13N3O7S/c1-7(16)13-11(18)14-12(19)15-23(20,21)9-6-4-3-5-8(9)10(17)22-2/h3-6H,1-2H3,(H3,13,14,15,16,18,19). The van der Waals surface area contributed by atoms with Gasteiger partial charge in [0.25, 0.3) is 10.0 Å². The number of hydrogen-bond donors (Lipinski definition) is 3. The van der Waals surface area contributed by atoms with Crippen LogP contribution in [0.5, 0.6) is 0 Å². The predicted octanol–water partition coefficient (Wildman–Crippen LogP) is -0.283. The molecule has 0 aliphatic rings. The fraction of sp³-hybridized carbons (Fsp3) is 0.167. The molecule has 0 aliphatic heterocycles. The van der Waals surface area contributed by atoms with Crippen molar-refractivity contribution in [2.75, 3.05) is 7.11 Å². The lowest BCUT2D eigenvalue weighted by atomic mass is 10.2. The summed E-state index contributed by atoms with van der Waals surface area (Å²) in [7, 11) is -3.38. The number of carbonyl (C=O) groups is 4. The Hall–Kier alpha value is -2.95. The minimum absolute atomic E-state index is 0.288. The lowest BCUT2D eigenvalue weighted by Crippen LogP contribution is -2.47. The Morgan fingerprint density at radius 2 is 1.61 bits per heavy atom. The summed E-state index contributed by atoms with van der Waals surface area (Å²) in [5.74, 6) is -1.66. The number of carbonyl (C=O) groups excluding carboxylic acids is 4. The summed E-state index contributed by atoms with van der Waals surface area (Å²) >= 11 is 0. The van der Waals surface area contributed by atoms with Crippen LogP contribution in [0.4, 0.5) is 9.59 Å². The van der Waals surface area contributed by atoms with Crippen molar-refractivity contribution in [2.45, 2.75) is 11.8 Å². The van der Waals surface area contributed by atoms with E-state index >= 15 is 0 Å². The number of hydrogen-bond acceptors (Lipinski definition) is 7. The summed E-state index contributed by atoms with van der Waals surface area (Å²) in [4.78, 5) is 44.3. The van der Waals surface area contributed by atoms with Gasteiger partial charge in [0.05, 0.1) is 12.7 Å². The van der Waals surface area contributed by atoms with Crippen LogP contribution in [0, 0.1) is 0 Å². The summed E-state index contributed by atoms with van der Waals surface area (Å²) < 4.78 is 30.2. The van der Waals surface area contributed by atoms with Gasteiger partial charge >= 0.3 is 18.0 Å². The highest BCUT2D eigenvalue weighted by Crippen LogP contribution is 2.16. The molecule has 124 valence electrons. The van der Waals surface area contributed by atoms with Crippen LogP contribution < -0.4 is 15.4 Å². The maximum atomic E-state index is 12.1. The van der Waals surface area contributed by atoms with Crippen molar-refractivity contribution < 1.29 is 32.3 Å². The molecule has 11 heteroatoms. The molecule has 0 saturated carbocycles. The number of esters is 1. The van der Waals surface area contributed by atoms with Gasteiger partial charge < -0.3 is 4.74 Å². The van der Waals surface area contributed by atoms with Gasteiger partial charge in [0.2, 0.25) is 5.91 Å². The van der Waals surface area contributed by atoms with E-state index in [9.17, 15) is 27.6 Å². The monoisotopic (exact) mass is 343 g/mol. The minimum Gasteiger partial charge on any atom is -0.465 e. The molecule has 0 spiro atoms.